The van der Waals surface area contributed by atoms with Gasteiger partial charge in [0.15, 0.2) is 5.75 Å². The van der Waals surface area contributed by atoms with Gasteiger partial charge in [0.1, 0.15) is 22.6 Å². The normalized spacial score (nSPS) is 12.6. The standard InChI is InChI=1S/C23H21Cl4NO4/c24-19-14-18(31-13-8-21(26)27)15-20(25)22(19)32-12-3-11-30-17-6-4-16(5-7-17)23(29)28-9-1-2-10-28/h1-2,4-8,14-15H,3,9-13H2. The third-order valence-electron chi connectivity index (χ3n) is 4.47. The van der Waals surface area contributed by atoms with Gasteiger partial charge in [-0.2, -0.15) is 0 Å². The Hall–Kier alpha value is -2.05. The first kappa shape index (κ1) is 24.6. The van der Waals surface area contributed by atoms with Gasteiger partial charge in [0.25, 0.3) is 5.91 Å². The second-order valence-electron chi connectivity index (χ2n) is 6.78. The molecule has 1 aliphatic heterocycles. The van der Waals surface area contributed by atoms with E-state index in [2.05, 4.69) is 0 Å². The molecule has 1 amide bonds. The van der Waals surface area contributed by atoms with Gasteiger partial charge in [-0.15, -0.1) is 0 Å². The molecule has 0 unspecified atom stereocenters. The molecule has 170 valence electrons. The molecule has 2 aromatic rings. The zero-order valence-electron chi connectivity index (χ0n) is 17.0. The maximum Gasteiger partial charge on any atom is 0.254 e. The number of hydrogen-bond donors (Lipinski definition) is 0. The maximum absolute atomic E-state index is 12.3. The van der Waals surface area contributed by atoms with E-state index in [1.165, 1.54) is 6.08 Å². The minimum Gasteiger partial charge on any atom is -0.493 e. The summed E-state index contributed by atoms with van der Waals surface area (Å²) >= 11 is 23.6. The van der Waals surface area contributed by atoms with Gasteiger partial charge in [-0.05, 0) is 30.3 Å². The molecule has 5 nitrogen and oxygen atoms in total. The molecule has 9 heteroatoms. The molecule has 1 heterocycles. The fourth-order valence-corrected chi connectivity index (χ4v) is 3.60. The van der Waals surface area contributed by atoms with E-state index in [0.29, 0.717) is 65.6 Å². The number of rotatable bonds is 10. The van der Waals surface area contributed by atoms with E-state index >= 15 is 0 Å². The van der Waals surface area contributed by atoms with Crippen LogP contribution < -0.4 is 14.2 Å². The highest BCUT2D eigenvalue weighted by atomic mass is 35.5. The van der Waals surface area contributed by atoms with Crippen molar-refractivity contribution >= 4 is 52.3 Å². The summed E-state index contributed by atoms with van der Waals surface area (Å²) in [6, 6.07) is 10.3. The van der Waals surface area contributed by atoms with E-state index in [0.717, 1.165) is 0 Å². The summed E-state index contributed by atoms with van der Waals surface area (Å²) in [5, 5.41) is 0.672. The predicted octanol–water partition coefficient (Wildman–Crippen LogP) is 6.55. The Morgan fingerprint density at radius 1 is 0.906 bits per heavy atom. The van der Waals surface area contributed by atoms with Crippen LogP contribution in [0.4, 0.5) is 0 Å². The van der Waals surface area contributed by atoms with Crippen LogP contribution in [0.15, 0.2) is 59.1 Å². The van der Waals surface area contributed by atoms with Gasteiger partial charge in [-0.25, -0.2) is 0 Å². The first-order chi connectivity index (χ1) is 15.4. The van der Waals surface area contributed by atoms with Gasteiger partial charge in [0.05, 0.1) is 23.3 Å². The molecular formula is C23H21Cl4NO4. The highest BCUT2D eigenvalue weighted by molar-refractivity contribution is 6.55. The molecule has 32 heavy (non-hydrogen) atoms. The molecule has 0 spiro atoms. The van der Waals surface area contributed by atoms with Crippen molar-refractivity contribution in [2.45, 2.75) is 6.42 Å². The molecule has 0 atom stereocenters. The Labute approximate surface area is 207 Å². The Morgan fingerprint density at radius 3 is 2.16 bits per heavy atom. The lowest BCUT2D eigenvalue weighted by atomic mass is 10.2. The van der Waals surface area contributed by atoms with Gasteiger partial charge in [-0.3, -0.25) is 4.79 Å². The number of hydrogen-bond acceptors (Lipinski definition) is 4. The summed E-state index contributed by atoms with van der Waals surface area (Å²) in [6.45, 7) is 2.30. The van der Waals surface area contributed by atoms with E-state index in [9.17, 15) is 4.79 Å². The zero-order chi connectivity index (χ0) is 22.9. The van der Waals surface area contributed by atoms with Crippen molar-refractivity contribution in [3.05, 3.63) is 74.7 Å². The second-order valence-corrected chi connectivity index (χ2v) is 8.60. The van der Waals surface area contributed by atoms with Crippen LogP contribution in [0, 0.1) is 0 Å². The average molecular weight is 517 g/mol. The van der Waals surface area contributed by atoms with E-state index in [4.69, 9.17) is 60.6 Å². The molecule has 0 aliphatic carbocycles. The number of ether oxygens (including phenoxy) is 3. The number of carbonyl (C=O) groups is 1. The molecule has 0 saturated carbocycles. The summed E-state index contributed by atoms with van der Waals surface area (Å²) < 4.78 is 17.0. The fraction of sp³-hybridized carbons (Fsp3) is 0.261. The lowest BCUT2D eigenvalue weighted by Crippen LogP contribution is -2.28. The van der Waals surface area contributed by atoms with Crippen molar-refractivity contribution in [3.8, 4) is 17.2 Å². The molecule has 0 fully saturated rings. The molecule has 0 radical (unpaired) electrons. The van der Waals surface area contributed by atoms with Crippen molar-refractivity contribution in [1.82, 2.24) is 4.90 Å². The van der Waals surface area contributed by atoms with Crippen molar-refractivity contribution in [3.63, 3.8) is 0 Å². The molecule has 0 saturated heterocycles. The summed E-state index contributed by atoms with van der Waals surface area (Å²) in [6.07, 6.45) is 6.09. The van der Waals surface area contributed by atoms with Gasteiger partial charge in [0, 0.05) is 37.2 Å². The number of nitrogens with zero attached hydrogens (tertiary/aromatic N) is 1. The molecule has 2 aromatic carbocycles. The van der Waals surface area contributed by atoms with E-state index in [1.807, 2.05) is 12.2 Å². The van der Waals surface area contributed by atoms with E-state index in [-0.39, 0.29) is 17.0 Å². The van der Waals surface area contributed by atoms with Crippen LogP contribution >= 0.6 is 46.4 Å². The molecule has 0 N–H and O–H groups in total. The Kier molecular flexibility index (Phi) is 9.42. The summed E-state index contributed by atoms with van der Waals surface area (Å²) in [7, 11) is 0. The molecular weight excluding hydrogens is 496 g/mol. The smallest absolute Gasteiger partial charge is 0.254 e. The fourth-order valence-electron chi connectivity index (χ4n) is 2.90. The summed E-state index contributed by atoms with van der Waals surface area (Å²) in [4.78, 5) is 14.1. The monoisotopic (exact) mass is 515 g/mol. The molecule has 1 aliphatic rings. The second kappa shape index (κ2) is 12.3. The van der Waals surface area contributed by atoms with Crippen molar-refractivity contribution < 1.29 is 19.0 Å². The van der Waals surface area contributed by atoms with Gasteiger partial charge in [-0.1, -0.05) is 58.6 Å². The lowest BCUT2D eigenvalue weighted by molar-refractivity contribution is 0.0800. The predicted molar refractivity (Wildman–Crippen MR) is 129 cm³/mol. The van der Waals surface area contributed by atoms with Gasteiger partial charge >= 0.3 is 0 Å². The van der Waals surface area contributed by atoms with Crippen LogP contribution in [-0.2, 0) is 0 Å². The van der Waals surface area contributed by atoms with Crippen LogP contribution in [-0.4, -0.2) is 43.7 Å². The van der Waals surface area contributed by atoms with Crippen LogP contribution in [0.25, 0.3) is 0 Å². The third kappa shape index (κ3) is 7.24. The third-order valence-corrected chi connectivity index (χ3v) is 5.34. The summed E-state index contributed by atoms with van der Waals surface area (Å²) in [5.74, 6) is 1.56. The quantitative estimate of drug-likeness (QED) is 0.265. The van der Waals surface area contributed by atoms with Crippen LogP contribution in [0.2, 0.25) is 10.0 Å². The average Bonchev–Trinajstić information content (AvgIpc) is 3.30. The molecule has 0 bridgehead atoms. The van der Waals surface area contributed by atoms with Gasteiger partial charge in [0.2, 0.25) is 0 Å². The van der Waals surface area contributed by atoms with Crippen LogP contribution in [0.3, 0.4) is 0 Å². The van der Waals surface area contributed by atoms with E-state index < -0.39 is 0 Å². The largest absolute Gasteiger partial charge is 0.493 e. The number of carbonyl (C=O) groups excluding carboxylic acids is 1. The lowest BCUT2D eigenvalue weighted by Gasteiger charge is -2.15. The van der Waals surface area contributed by atoms with E-state index in [1.54, 1.807) is 41.3 Å². The van der Waals surface area contributed by atoms with Crippen molar-refractivity contribution in [2.75, 3.05) is 32.9 Å². The number of amides is 1. The maximum atomic E-state index is 12.3. The topological polar surface area (TPSA) is 48.0 Å². The number of benzene rings is 2. The van der Waals surface area contributed by atoms with Crippen molar-refractivity contribution in [2.24, 2.45) is 0 Å². The first-order valence-corrected chi connectivity index (χ1v) is 11.4. The minimum atomic E-state index is 0.0134. The minimum absolute atomic E-state index is 0.0134. The molecule has 0 aromatic heterocycles. The van der Waals surface area contributed by atoms with Gasteiger partial charge < -0.3 is 19.1 Å². The summed E-state index contributed by atoms with van der Waals surface area (Å²) in [5.41, 5.74) is 0.642. The highest BCUT2D eigenvalue weighted by Gasteiger charge is 2.16. The SMILES string of the molecule is O=C(c1ccc(OCCCOc2c(Cl)cc(OCC=C(Cl)Cl)cc2Cl)cc1)N1CC=CC1. The Morgan fingerprint density at radius 2 is 1.53 bits per heavy atom. The Balaban J connectivity index is 1.41. The van der Waals surface area contributed by atoms with Crippen molar-refractivity contribution in [1.29, 1.82) is 0 Å². The Bertz CT molecular complexity index is 957. The number of halogens is 4. The van der Waals surface area contributed by atoms with Crippen LogP contribution in [0.1, 0.15) is 16.8 Å². The first-order valence-electron chi connectivity index (χ1n) is 9.87. The highest BCUT2D eigenvalue weighted by Crippen LogP contribution is 2.37. The zero-order valence-corrected chi connectivity index (χ0v) is 20.1. The molecule has 3 rings (SSSR count). The van der Waals surface area contributed by atoms with Crippen LogP contribution in [0.5, 0.6) is 17.2 Å².